The quantitative estimate of drug-likeness (QED) is 0.624. The Balaban J connectivity index is 1.74. The number of benzene rings is 2. The number of hydrogen-bond donors (Lipinski definition) is 3. The lowest BCUT2D eigenvalue weighted by molar-refractivity contribution is -0.118. The molecule has 9 heteroatoms. The molecule has 0 aliphatic carbocycles. The van der Waals surface area contributed by atoms with Gasteiger partial charge in [-0.05, 0) is 35.4 Å². The summed E-state index contributed by atoms with van der Waals surface area (Å²) in [5, 5.41) is 16.6. The summed E-state index contributed by atoms with van der Waals surface area (Å²) < 4.78 is 22.3. The lowest BCUT2D eigenvalue weighted by Crippen LogP contribution is -2.24. The molecular weight excluding hydrogens is 376 g/mol. The SMILES string of the molecule is NS(=O)(=O)c1ccc(CNC(=O)CSCc2ccc(C(=O)O)cc2)cc1. The summed E-state index contributed by atoms with van der Waals surface area (Å²) in [5.41, 5.74) is 1.93. The van der Waals surface area contributed by atoms with Gasteiger partial charge in [-0.25, -0.2) is 18.4 Å². The number of primary sulfonamides is 1. The molecule has 26 heavy (non-hydrogen) atoms. The van der Waals surface area contributed by atoms with Crippen LogP contribution in [-0.4, -0.2) is 31.2 Å². The van der Waals surface area contributed by atoms with Crippen molar-refractivity contribution in [3.05, 3.63) is 65.2 Å². The fraction of sp³-hybridized carbons (Fsp3) is 0.176. The van der Waals surface area contributed by atoms with Crippen LogP contribution in [0.3, 0.4) is 0 Å². The van der Waals surface area contributed by atoms with Gasteiger partial charge in [0.25, 0.3) is 0 Å². The van der Waals surface area contributed by atoms with Crippen LogP contribution in [0.4, 0.5) is 0 Å². The largest absolute Gasteiger partial charge is 0.478 e. The first kappa shape index (κ1) is 20.0. The number of nitrogens with two attached hydrogens (primary N) is 1. The van der Waals surface area contributed by atoms with Crippen molar-refractivity contribution >= 4 is 33.7 Å². The second-order valence-electron chi connectivity index (χ2n) is 5.46. The molecule has 0 saturated carbocycles. The Labute approximate surface area is 155 Å². The lowest BCUT2D eigenvalue weighted by Gasteiger charge is -2.06. The van der Waals surface area contributed by atoms with E-state index in [4.69, 9.17) is 10.2 Å². The molecule has 0 bridgehead atoms. The molecule has 0 aliphatic heterocycles. The maximum absolute atomic E-state index is 11.9. The average Bonchev–Trinajstić information content (AvgIpc) is 2.60. The second kappa shape index (κ2) is 8.84. The predicted molar refractivity (Wildman–Crippen MR) is 99.2 cm³/mol. The molecule has 0 aliphatic rings. The highest BCUT2D eigenvalue weighted by molar-refractivity contribution is 7.99. The molecule has 0 spiro atoms. The van der Waals surface area contributed by atoms with E-state index in [0.29, 0.717) is 5.75 Å². The molecule has 0 saturated heterocycles. The molecule has 2 aromatic rings. The topological polar surface area (TPSA) is 127 Å². The van der Waals surface area contributed by atoms with Crippen LogP contribution in [-0.2, 0) is 27.1 Å². The van der Waals surface area contributed by atoms with Crippen LogP contribution in [0.5, 0.6) is 0 Å². The zero-order valence-electron chi connectivity index (χ0n) is 13.7. The summed E-state index contributed by atoms with van der Waals surface area (Å²) >= 11 is 1.41. The summed E-state index contributed by atoms with van der Waals surface area (Å²) in [5.74, 6) is -0.264. The van der Waals surface area contributed by atoms with Crippen LogP contribution in [0.2, 0.25) is 0 Å². The van der Waals surface area contributed by atoms with E-state index >= 15 is 0 Å². The minimum Gasteiger partial charge on any atom is -0.478 e. The molecule has 0 atom stereocenters. The number of sulfonamides is 1. The first-order valence-corrected chi connectivity index (χ1v) is 10.2. The van der Waals surface area contributed by atoms with E-state index in [2.05, 4.69) is 5.32 Å². The Kier molecular flexibility index (Phi) is 6.78. The fourth-order valence-corrected chi connectivity index (χ4v) is 3.39. The van der Waals surface area contributed by atoms with Gasteiger partial charge in [0.05, 0.1) is 16.2 Å². The number of hydrogen-bond acceptors (Lipinski definition) is 5. The Morgan fingerprint density at radius 1 is 1.00 bits per heavy atom. The first-order chi connectivity index (χ1) is 12.3. The van der Waals surface area contributed by atoms with E-state index in [-0.39, 0.29) is 28.7 Å². The molecule has 4 N–H and O–H groups in total. The summed E-state index contributed by atoms with van der Waals surface area (Å²) in [6.45, 7) is 0.289. The minimum atomic E-state index is -3.72. The van der Waals surface area contributed by atoms with E-state index in [9.17, 15) is 18.0 Å². The molecule has 0 unspecified atom stereocenters. The van der Waals surface area contributed by atoms with Crippen LogP contribution in [0.25, 0.3) is 0 Å². The van der Waals surface area contributed by atoms with Gasteiger partial charge in [0.1, 0.15) is 0 Å². The molecule has 138 valence electrons. The first-order valence-electron chi connectivity index (χ1n) is 7.54. The van der Waals surface area contributed by atoms with Crippen molar-refractivity contribution in [3.8, 4) is 0 Å². The van der Waals surface area contributed by atoms with Crippen molar-refractivity contribution in [2.24, 2.45) is 5.14 Å². The number of carboxylic acids is 1. The third-order valence-corrected chi connectivity index (χ3v) is 5.38. The molecule has 2 rings (SSSR count). The summed E-state index contributed by atoms with van der Waals surface area (Å²) in [6, 6.07) is 12.5. The number of nitrogens with one attached hydrogen (secondary N) is 1. The number of rotatable bonds is 8. The van der Waals surface area contributed by atoms with Crippen molar-refractivity contribution in [2.75, 3.05) is 5.75 Å². The van der Waals surface area contributed by atoms with E-state index in [1.54, 1.807) is 24.3 Å². The van der Waals surface area contributed by atoms with Gasteiger partial charge in [0.2, 0.25) is 15.9 Å². The molecule has 0 aromatic heterocycles. The van der Waals surface area contributed by atoms with Gasteiger partial charge in [-0.15, -0.1) is 11.8 Å². The van der Waals surface area contributed by atoms with Crippen molar-refractivity contribution in [3.63, 3.8) is 0 Å². The molecular formula is C17H18N2O5S2. The maximum atomic E-state index is 11.9. The highest BCUT2D eigenvalue weighted by atomic mass is 32.2. The van der Waals surface area contributed by atoms with Crippen LogP contribution in [0.1, 0.15) is 21.5 Å². The predicted octanol–water partition coefficient (Wildman–Crippen LogP) is 1.58. The van der Waals surface area contributed by atoms with E-state index < -0.39 is 16.0 Å². The van der Waals surface area contributed by atoms with Gasteiger partial charge in [-0.3, -0.25) is 4.79 Å². The molecule has 2 aromatic carbocycles. The molecule has 0 heterocycles. The van der Waals surface area contributed by atoms with Crippen LogP contribution in [0.15, 0.2) is 53.4 Å². The smallest absolute Gasteiger partial charge is 0.335 e. The molecule has 1 amide bonds. The fourth-order valence-electron chi connectivity index (χ4n) is 2.05. The Morgan fingerprint density at radius 2 is 1.58 bits per heavy atom. The highest BCUT2D eigenvalue weighted by Gasteiger charge is 2.08. The van der Waals surface area contributed by atoms with E-state index in [1.807, 2.05) is 0 Å². The lowest BCUT2D eigenvalue weighted by atomic mass is 10.1. The monoisotopic (exact) mass is 394 g/mol. The number of amides is 1. The summed E-state index contributed by atoms with van der Waals surface area (Å²) in [4.78, 5) is 22.7. The number of thioether (sulfide) groups is 1. The van der Waals surface area contributed by atoms with Gasteiger partial charge in [-0.1, -0.05) is 24.3 Å². The van der Waals surface area contributed by atoms with Gasteiger partial charge < -0.3 is 10.4 Å². The normalized spacial score (nSPS) is 11.1. The van der Waals surface area contributed by atoms with E-state index in [0.717, 1.165) is 11.1 Å². The third-order valence-electron chi connectivity index (χ3n) is 3.44. The highest BCUT2D eigenvalue weighted by Crippen LogP contribution is 2.13. The standard InChI is InChI=1S/C17H18N2O5S2/c18-26(23,24)15-7-3-12(4-8-15)9-19-16(20)11-25-10-13-1-5-14(6-2-13)17(21)22/h1-8H,9-11H2,(H,19,20)(H,21,22)(H2,18,23,24). The number of carbonyl (C=O) groups is 2. The van der Waals surface area contributed by atoms with Crippen molar-refractivity contribution in [1.29, 1.82) is 0 Å². The minimum absolute atomic E-state index is 0.0250. The Morgan fingerprint density at radius 3 is 2.12 bits per heavy atom. The molecule has 7 nitrogen and oxygen atoms in total. The van der Waals surface area contributed by atoms with Crippen LogP contribution >= 0.6 is 11.8 Å². The van der Waals surface area contributed by atoms with Crippen molar-refractivity contribution < 1.29 is 23.1 Å². The summed E-state index contributed by atoms with van der Waals surface area (Å²) in [6.07, 6.45) is 0. The Bertz CT molecular complexity index is 878. The maximum Gasteiger partial charge on any atom is 0.335 e. The zero-order valence-corrected chi connectivity index (χ0v) is 15.3. The van der Waals surface area contributed by atoms with Gasteiger partial charge >= 0.3 is 5.97 Å². The van der Waals surface area contributed by atoms with Gasteiger partial charge in [-0.2, -0.15) is 0 Å². The van der Waals surface area contributed by atoms with Crippen molar-refractivity contribution in [1.82, 2.24) is 5.32 Å². The average molecular weight is 394 g/mol. The third kappa shape index (κ3) is 6.17. The zero-order chi connectivity index (χ0) is 19.2. The van der Waals surface area contributed by atoms with E-state index in [1.165, 1.54) is 36.0 Å². The van der Waals surface area contributed by atoms with Crippen molar-refractivity contribution in [2.45, 2.75) is 17.2 Å². The van der Waals surface area contributed by atoms with Gasteiger partial charge in [0.15, 0.2) is 0 Å². The number of aromatic carboxylic acids is 1. The Hall–Kier alpha value is -2.36. The van der Waals surface area contributed by atoms with Crippen LogP contribution < -0.4 is 10.5 Å². The van der Waals surface area contributed by atoms with Crippen LogP contribution in [0, 0.1) is 0 Å². The number of carbonyl (C=O) groups excluding carboxylic acids is 1. The number of carboxylic acid groups (broad SMARTS) is 1. The second-order valence-corrected chi connectivity index (χ2v) is 8.01. The van der Waals surface area contributed by atoms with Gasteiger partial charge in [0, 0.05) is 12.3 Å². The molecule has 0 radical (unpaired) electrons. The summed E-state index contributed by atoms with van der Waals surface area (Å²) in [7, 11) is -3.72. The molecule has 0 fully saturated rings.